The first kappa shape index (κ1) is 18.2. The van der Waals surface area contributed by atoms with Gasteiger partial charge in [0.25, 0.3) is 0 Å². The van der Waals surface area contributed by atoms with Gasteiger partial charge in [0.1, 0.15) is 13.2 Å². The number of nitrogens with one attached hydrogen (secondary N) is 1. The summed E-state index contributed by atoms with van der Waals surface area (Å²) in [6.45, 7) is 1.38. The molecule has 0 aliphatic carbocycles. The van der Waals surface area contributed by atoms with Crippen molar-refractivity contribution >= 4 is 28.9 Å². The smallest absolute Gasteiger partial charge is 0.229 e. The van der Waals surface area contributed by atoms with Gasteiger partial charge in [-0.05, 0) is 36.4 Å². The largest absolute Gasteiger partial charge is 0.486 e. The quantitative estimate of drug-likeness (QED) is 0.881. The number of carbonyl (C=O) groups excluding carboxylic acids is 2. The van der Waals surface area contributed by atoms with Gasteiger partial charge >= 0.3 is 0 Å². The summed E-state index contributed by atoms with van der Waals surface area (Å²) in [6.07, 6.45) is 0.200. The number of rotatable bonds is 4. The third-order valence-corrected chi connectivity index (χ3v) is 4.98. The molecule has 2 aliphatic rings. The van der Waals surface area contributed by atoms with Crippen LogP contribution in [0.1, 0.15) is 6.42 Å². The Morgan fingerprint density at radius 1 is 1.07 bits per heavy atom. The summed E-state index contributed by atoms with van der Waals surface area (Å²) in [5.41, 5.74) is 2.50. The topological polar surface area (TPSA) is 71.1 Å². The molecule has 0 aromatic heterocycles. The summed E-state index contributed by atoms with van der Waals surface area (Å²) < 4.78 is 11.0. The number of fused-ring (bicyclic) bond motifs is 1. The number of amides is 2. The fourth-order valence-corrected chi connectivity index (χ4v) is 3.43. The van der Waals surface area contributed by atoms with Crippen molar-refractivity contribution in [3.8, 4) is 11.5 Å². The van der Waals surface area contributed by atoms with Crippen LogP contribution in [0.3, 0.4) is 0 Å². The lowest BCUT2D eigenvalue weighted by atomic mass is 10.1. The Balaban J connectivity index is 1.42. The Hall–Kier alpha value is -3.22. The molecule has 2 aliphatic heterocycles. The Labute approximate surface area is 163 Å². The van der Waals surface area contributed by atoms with Gasteiger partial charge in [0.05, 0.1) is 5.92 Å². The highest BCUT2D eigenvalue weighted by Gasteiger charge is 2.35. The molecule has 0 saturated carbocycles. The van der Waals surface area contributed by atoms with Crippen molar-refractivity contribution in [2.45, 2.75) is 6.42 Å². The molecule has 28 heavy (non-hydrogen) atoms. The number of benzene rings is 2. The molecule has 1 N–H and O–H groups in total. The molecule has 146 valence electrons. The second-order valence-corrected chi connectivity index (χ2v) is 7.16. The van der Waals surface area contributed by atoms with E-state index in [0.717, 1.165) is 11.4 Å². The average molecular weight is 381 g/mol. The molecule has 1 atom stereocenters. The van der Waals surface area contributed by atoms with Crippen LogP contribution in [0.15, 0.2) is 42.5 Å². The van der Waals surface area contributed by atoms with Crippen LogP contribution in [0.2, 0.25) is 0 Å². The highest BCUT2D eigenvalue weighted by molar-refractivity contribution is 6.03. The molecule has 1 unspecified atom stereocenters. The van der Waals surface area contributed by atoms with Crippen molar-refractivity contribution in [3.63, 3.8) is 0 Å². The summed E-state index contributed by atoms with van der Waals surface area (Å²) in [7, 11) is 3.93. The minimum atomic E-state index is -0.394. The maximum absolute atomic E-state index is 12.7. The molecular formula is C21H23N3O4. The Morgan fingerprint density at radius 3 is 2.50 bits per heavy atom. The second-order valence-electron chi connectivity index (χ2n) is 7.16. The van der Waals surface area contributed by atoms with Crippen molar-refractivity contribution in [1.29, 1.82) is 0 Å². The van der Waals surface area contributed by atoms with Gasteiger partial charge in [0.15, 0.2) is 11.5 Å². The van der Waals surface area contributed by atoms with Gasteiger partial charge in [-0.25, -0.2) is 0 Å². The molecule has 7 nitrogen and oxygen atoms in total. The van der Waals surface area contributed by atoms with Gasteiger partial charge in [-0.15, -0.1) is 0 Å². The Bertz CT molecular complexity index is 895. The van der Waals surface area contributed by atoms with Crippen LogP contribution in [0.5, 0.6) is 11.5 Å². The van der Waals surface area contributed by atoms with E-state index in [1.165, 1.54) is 0 Å². The van der Waals surface area contributed by atoms with E-state index in [9.17, 15) is 9.59 Å². The van der Waals surface area contributed by atoms with E-state index in [-0.39, 0.29) is 18.2 Å². The highest BCUT2D eigenvalue weighted by atomic mass is 16.6. The second kappa shape index (κ2) is 7.42. The maximum Gasteiger partial charge on any atom is 0.229 e. The average Bonchev–Trinajstić information content (AvgIpc) is 3.10. The monoisotopic (exact) mass is 381 g/mol. The minimum absolute atomic E-state index is 0.0417. The van der Waals surface area contributed by atoms with Gasteiger partial charge in [0, 0.05) is 50.2 Å². The van der Waals surface area contributed by atoms with Crippen molar-refractivity contribution in [2.75, 3.05) is 49.0 Å². The number of hydrogen-bond acceptors (Lipinski definition) is 5. The molecule has 1 saturated heterocycles. The lowest BCUT2D eigenvalue weighted by Gasteiger charge is -2.20. The van der Waals surface area contributed by atoms with Gasteiger partial charge < -0.3 is 24.6 Å². The normalized spacial score (nSPS) is 18.1. The summed E-state index contributed by atoms with van der Waals surface area (Å²) in [4.78, 5) is 28.8. The van der Waals surface area contributed by atoms with E-state index in [0.29, 0.717) is 36.9 Å². The Morgan fingerprint density at radius 2 is 1.79 bits per heavy atom. The zero-order valence-electron chi connectivity index (χ0n) is 16.0. The Kier molecular flexibility index (Phi) is 4.81. The molecule has 0 bridgehead atoms. The first-order chi connectivity index (χ1) is 13.5. The zero-order chi connectivity index (χ0) is 19.7. The number of hydrogen-bond donors (Lipinski definition) is 1. The molecule has 0 spiro atoms. The predicted octanol–water partition coefficient (Wildman–Crippen LogP) is 2.52. The predicted molar refractivity (Wildman–Crippen MR) is 107 cm³/mol. The van der Waals surface area contributed by atoms with E-state index in [1.54, 1.807) is 23.1 Å². The minimum Gasteiger partial charge on any atom is -0.486 e. The third kappa shape index (κ3) is 3.60. The molecule has 2 heterocycles. The SMILES string of the molecule is CN(C)c1ccc(N2CC(C(=O)Nc3ccc4c(c3)OCCO4)CC2=O)cc1. The number of nitrogens with zero attached hydrogens (tertiary/aromatic N) is 2. The van der Waals surface area contributed by atoms with Crippen LogP contribution in [-0.4, -0.2) is 45.7 Å². The maximum atomic E-state index is 12.7. The van der Waals surface area contributed by atoms with Gasteiger partial charge in [-0.2, -0.15) is 0 Å². The van der Waals surface area contributed by atoms with Crippen LogP contribution in [0.4, 0.5) is 17.1 Å². The number of anilines is 3. The van der Waals surface area contributed by atoms with Crippen molar-refractivity contribution < 1.29 is 19.1 Å². The van der Waals surface area contributed by atoms with Crippen LogP contribution in [-0.2, 0) is 9.59 Å². The van der Waals surface area contributed by atoms with Crippen LogP contribution < -0.4 is 24.6 Å². The number of ether oxygens (including phenoxy) is 2. The van der Waals surface area contributed by atoms with E-state index >= 15 is 0 Å². The van der Waals surface area contributed by atoms with Crippen molar-refractivity contribution in [1.82, 2.24) is 0 Å². The first-order valence-corrected chi connectivity index (χ1v) is 9.29. The molecule has 1 fully saturated rings. The lowest BCUT2D eigenvalue weighted by molar-refractivity contribution is -0.122. The van der Waals surface area contributed by atoms with E-state index < -0.39 is 5.92 Å². The molecule has 2 aromatic carbocycles. The molecule has 0 radical (unpaired) electrons. The lowest BCUT2D eigenvalue weighted by Crippen LogP contribution is -2.28. The fraction of sp³-hybridized carbons (Fsp3) is 0.333. The summed E-state index contributed by atoms with van der Waals surface area (Å²) in [5, 5.41) is 2.89. The van der Waals surface area contributed by atoms with Gasteiger partial charge in [-0.3, -0.25) is 9.59 Å². The molecule has 2 amide bonds. The van der Waals surface area contributed by atoms with Crippen LogP contribution in [0, 0.1) is 5.92 Å². The highest BCUT2D eigenvalue weighted by Crippen LogP contribution is 2.33. The van der Waals surface area contributed by atoms with Crippen LogP contribution >= 0.6 is 0 Å². The van der Waals surface area contributed by atoms with Crippen molar-refractivity contribution in [2.24, 2.45) is 5.92 Å². The fourth-order valence-electron chi connectivity index (χ4n) is 3.43. The van der Waals surface area contributed by atoms with Gasteiger partial charge in [0.2, 0.25) is 11.8 Å². The zero-order valence-corrected chi connectivity index (χ0v) is 16.0. The van der Waals surface area contributed by atoms with Gasteiger partial charge in [-0.1, -0.05) is 0 Å². The first-order valence-electron chi connectivity index (χ1n) is 9.29. The molecule has 7 heteroatoms. The number of carbonyl (C=O) groups is 2. The summed E-state index contributed by atoms with van der Waals surface area (Å²) in [6, 6.07) is 13.1. The van der Waals surface area contributed by atoms with E-state index in [4.69, 9.17) is 9.47 Å². The van der Waals surface area contributed by atoms with Crippen molar-refractivity contribution in [3.05, 3.63) is 42.5 Å². The summed E-state index contributed by atoms with van der Waals surface area (Å²) >= 11 is 0. The molecule has 2 aromatic rings. The van der Waals surface area contributed by atoms with E-state index in [2.05, 4.69) is 5.32 Å². The standard InChI is InChI=1S/C21H23N3O4/c1-23(2)16-4-6-17(7-5-16)24-13-14(11-20(24)25)21(26)22-15-3-8-18-19(12-15)28-10-9-27-18/h3-8,12,14H,9-11,13H2,1-2H3,(H,22,26). The van der Waals surface area contributed by atoms with E-state index in [1.807, 2.05) is 43.3 Å². The third-order valence-electron chi connectivity index (χ3n) is 4.98. The molecule has 4 rings (SSSR count). The summed E-state index contributed by atoms with van der Waals surface area (Å²) in [5.74, 6) is 0.688. The molecular weight excluding hydrogens is 358 g/mol. The van der Waals surface area contributed by atoms with Crippen LogP contribution in [0.25, 0.3) is 0 Å².